The SMILES string of the molecule is COc1ccc(S(=O)(=O)N2CC(CO)C2)cc1Br. The van der Waals surface area contributed by atoms with Gasteiger partial charge in [0, 0.05) is 25.6 Å². The Morgan fingerprint density at radius 1 is 1.50 bits per heavy atom. The highest BCUT2D eigenvalue weighted by molar-refractivity contribution is 9.10. The Labute approximate surface area is 115 Å². The van der Waals surface area contributed by atoms with Crippen molar-refractivity contribution in [3.63, 3.8) is 0 Å². The lowest BCUT2D eigenvalue weighted by atomic mass is 10.1. The Hall–Kier alpha value is -0.630. The summed E-state index contributed by atoms with van der Waals surface area (Å²) in [5, 5.41) is 8.91. The molecule has 7 heteroatoms. The molecule has 5 nitrogen and oxygen atoms in total. The molecule has 0 aliphatic carbocycles. The van der Waals surface area contributed by atoms with Crippen LogP contribution in [-0.2, 0) is 10.0 Å². The van der Waals surface area contributed by atoms with Crippen molar-refractivity contribution in [1.29, 1.82) is 0 Å². The van der Waals surface area contributed by atoms with Crippen LogP contribution in [0.4, 0.5) is 0 Å². The summed E-state index contributed by atoms with van der Waals surface area (Å²) in [5.41, 5.74) is 0. The van der Waals surface area contributed by atoms with E-state index in [1.54, 1.807) is 6.07 Å². The van der Waals surface area contributed by atoms with Gasteiger partial charge in [-0.1, -0.05) is 0 Å². The molecule has 2 rings (SSSR count). The zero-order chi connectivity index (χ0) is 13.3. The van der Waals surface area contributed by atoms with Gasteiger partial charge in [-0.25, -0.2) is 8.42 Å². The minimum Gasteiger partial charge on any atom is -0.496 e. The van der Waals surface area contributed by atoms with Crippen LogP contribution in [0.3, 0.4) is 0 Å². The summed E-state index contributed by atoms with van der Waals surface area (Å²) in [5.74, 6) is 0.646. The molecular formula is C11H14BrNO4S. The monoisotopic (exact) mass is 335 g/mol. The molecule has 18 heavy (non-hydrogen) atoms. The van der Waals surface area contributed by atoms with Gasteiger partial charge in [0.1, 0.15) is 5.75 Å². The van der Waals surface area contributed by atoms with Crippen LogP contribution >= 0.6 is 15.9 Å². The van der Waals surface area contributed by atoms with Crippen molar-refractivity contribution in [3.8, 4) is 5.75 Å². The number of benzene rings is 1. The smallest absolute Gasteiger partial charge is 0.243 e. The maximum atomic E-state index is 12.2. The Kier molecular flexibility index (Phi) is 3.96. The largest absolute Gasteiger partial charge is 0.496 e. The second-order valence-electron chi connectivity index (χ2n) is 4.17. The van der Waals surface area contributed by atoms with Gasteiger partial charge >= 0.3 is 0 Å². The van der Waals surface area contributed by atoms with Crippen molar-refractivity contribution in [2.45, 2.75) is 4.90 Å². The quantitative estimate of drug-likeness (QED) is 0.893. The summed E-state index contributed by atoms with van der Waals surface area (Å²) in [6.07, 6.45) is 0. The van der Waals surface area contributed by atoms with Crippen molar-refractivity contribution < 1.29 is 18.3 Å². The van der Waals surface area contributed by atoms with Gasteiger partial charge in [-0.05, 0) is 34.1 Å². The number of hydrogen-bond donors (Lipinski definition) is 1. The van der Waals surface area contributed by atoms with E-state index in [9.17, 15) is 8.42 Å². The van der Waals surface area contributed by atoms with Crippen molar-refractivity contribution in [2.75, 3.05) is 26.8 Å². The molecule has 1 heterocycles. The molecule has 1 aromatic rings. The molecule has 0 unspecified atom stereocenters. The fourth-order valence-corrected chi connectivity index (χ4v) is 4.10. The van der Waals surface area contributed by atoms with Crippen LogP contribution in [0.2, 0.25) is 0 Å². The fraction of sp³-hybridized carbons (Fsp3) is 0.455. The Morgan fingerprint density at radius 3 is 2.67 bits per heavy atom. The van der Waals surface area contributed by atoms with E-state index in [0.29, 0.717) is 23.3 Å². The summed E-state index contributed by atoms with van der Waals surface area (Å²) in [6.45, 7) is 0.781. The molecule has 0 radical (unpaired) electrons. The summed E-state index contributed by atoms with van der Waals surface area (Å²) in [6, 6.07) is 4.66. The minimum atomic E-state index is -3.46. The molecule has 1 aromatic carbocycles. The van der Waals surface area contributed by atoms with Crippen molar-refractivity contribution in [2.24, 2.45) is 5.92 Å². The number of halogens is 1. The highest BCUT2D eigenvalue weighted by atomic mass is 79.9. The molecule has 100 valence electrons. The third kappa shape index (κ3) is 2.40. The first kappa shape index (κ1) is 13.8. The van der Waals surface area contributed by atoms with Gasteiger partial charge < -0.3 is 9.84 Å². The molecular weight excluding hydrogens is 322 g/mol. The Morgan fingerprint density at radius 2 is 2.17 bits per heavy atom. The summed E-state index contributed by atoms with van der Waals surface area (Å²) < 4.78 is 31.4. The normalized spacial score (nSPS) is 17.5. The molecule has 0 amide bonds. The lowest BCUT2D eigenvalue weighted by molar-refractivity contribution is 0.117. The molecule has 1 aliphatic heterocycles. The number of hydrogen-bond acceptors (Lipinski definition) is 4. The molecule has 1 N–H and O–H groups in total. The number of sulfonamides is 1. The van der Waals surface area contributed by atoms with Crippen LogP contribution in [0, 0.1) is 5.92 Å². The zero-order valence-corrected chi connectivity index (χ0v) is 12.2. The van der Waals surface area contributed by atoms with E-state index in [1.807, 2.05) is 0 Å². The van der Waals surface area contributed by atoms with Gasteiger partial charge in [-0.15, -0.1) is 0 Å². The highest BCUT2D eigenvalue weighted by Crippen LogP contribution is 2.31. The number of ether oxygens (including phenoxy) is 1. The maximum Gasteiger partial charge on any atom is 0.243 e. The van der Waals surface area contributed by atoms with E-state index < -0.39 is 10.0 Å². The molecule has 1 fully saturated rings. The van der Waals surface area contributed by atoms with E-state index in [4.69, 9.17) is 9.84 Å². The average Bonchev–Trinajstić information content (AvgIpc) is 2.27. The van der Waals surface area contributed by atoms with Crippen molar-refractivity contribution in [3.05, 3.63) is 22.7 Å². The van der Waals surface area contributed by atoms with Gasteiger partial charge in [-0.2, -0.15) is 4.31 Å². The van der Waals surface area contributed by atoms with Crippen LogP contribution in [0.15, 0.2) is 27.6 Å². The molecule has 1 saturated heterocycles. The molecule has 0 spiro atoms. The van der Waals surface area contributed by atoms with Gasteiger partial charge in [0.15, 0.2) is 0 Å². The summed E-state index contributed by atoms with van der Waals surface area (Å²) >= 11 is 3.27. The first-order valence-electron chi connectivity index (χ1n) is 5.43. The van der Waals surface area contributed by atoms with Gasteiger partial charge in [0.05, 0.1) is 16.5 Å². The van der Waals surface area contributed by atoms with E-state index in [-0.39, 0.29) is 17.4 Å². The van der Waals surface area contributed by atoms with E-state index in [1.165, 1.54) is 23.5 Å². The van der Waals surface area contributed by atoms with Gasteiger partial charge in [-0.3, -0.25) is 0 Å². The topological polar surface area (TPSA) is 66.8 Å². The lowest BCUT2D eigenvalue weighted by Crippen LogP contribution is -2.51. The summed E-state index contributed by atoms with van der Waals surface area (Å²) in [7, 11) is -1.93. The first-order valence-corrected chi connectivity index (χ1v) is 7.67. The van der Waals surface area contributed by atoms with Crippen molar-refractivity contribution >= 4 is 26.0 Å². The van der Waals surface area contributed by atoms with Crippen LogP contribution in [0.1, 0.15) is 0 Å². The Bertz CT molecular complexity index is 540. The third-order valence-electron chi connectivity index (χ3n) is 2.94. The molecule has 0 atom stereocenters. The number of aliphatic hydroxyl groups is 1. The number of nitrogens with zero attached hydrogens (tertiary/aromatic N) is 1. The molecule has 0 bridgehead atoms. The Balaban J connectivity index is 2.23. The number of methoxy groups -OCH3 is 1. The van der Waals surface area contributed by atoms with E-state index in [0.717, 1.165) is 0 Å². The van der Waals surface area contributed by atoms with E-state index >= 15 is 0 Å². The standard InChI is InChI=1S/C11H14BrNO4S/c1-17-11-3-2-9(4-10(11)12)18(15,16)13-5-8(6-13)7-14/h2-4,8,14H,5-7H2,1H3. The van der Waals surface area contributed by atoms with Crippen molar-refractivity contribution in [1.82, 2.24) is 4.31 Å². The fourth-order valence-electron chi connectivity index (χ4n) is 1.79. The van der Waals surface area contributed by atoms with Crippen LogP contribution in [-0.4, -0.2) is 44.6 Å². The maximum absolute atomic E-state index is 12.2. The van der Waals surface area contributed by atoms with Crippen LogP contribution in [0.25, 0.3) is 0 Å². The highest BCUT2D eigenvalue weighted by Gasteiger charge is 2.36. The lowest BCUT2D eigenvalue weighted by Gasteiger charge is -2.36. The van der Waals surface area contributed by atoms with Gasteiger partial charge in [0.2, 0.25) is 10.0 Å². The predicted molar refractivity (Wildman–Crippen MR) is 70.0 cm³/mol. The predicted octanol–water partition coefficient (Wildman–Crippen LogP) is 1.07. The first-order chi connectivity index (χ1) is 8.48. The number of aliphatic hydroxyl groups excluding tert-OH is 1. The van der Waals surface area contributed by atoms with E-state index in [2.05, 4.69) is 15.9 Å². The van der Waals surface area contributed by atoms with Crippen LogP contribution in [0.5, 0.6) is 5.75 Å². The average molecular weight is 336 g/mol. The second-order valence-corrected chi connectivity index (χ2v) is 6.96. The number of rotatable bonds is 4. The third-order valence-corrected chi connectivity index (χ3v) is 5.39. The zero-order valence-electron chi connectivity index (χ0n) is 9.84. The molecule has 0 saturated carbocycles. The molecule has 0 aromatic heterocycles. The van der Waals surface area contributed by atoms with Crippen LogP contribution < -0.4 is 4.74 Å². The molecule has 1 aliphatic rings. The second kappa shape index (κ2) is 5.16. The minimum absolute atomic E-state index is 0.0261. The van der Waals surface area contributed by atoms with Gasteiger partial charge in [0.25, 0.3) is 0 Å². The summed E-state index contributed by atoms with van der Waals surface area (Å²) in [4.78, 5) is 0.228.